The molecule has 0 aromatic heterocycles. The van der Waals surface area contributed by atoms with Crippen LogP contribution in [0.2, 0.25) is 0 Å². The van der Waals surface area contributed by atoms with Crippen molar-refractivity contribution in [2.75, 3.05) is 13.1 Å². The van der Waals surface area contributed by atoms with Crippen molar-refractivity contribution >= 4 is 12.0 Å². The SMILES string of the molecule is C=CCN(CC)C(=O)NC(C)(C(=O)O)C1CC1. The summed E-state index contributed by atoms with van der Waals surface area (Å²) in [7, 11) is 0. The zero-order valence-corrected chi connectivity index (χ0v) is 10.4. The highest BCUT2D eigenvalue weighted by molar-refractivity contribution is 5.86. The molecular weight excluding hydrogens is 220 g/mol. The van der Waals surface area contributed by atoms with Crippen LogP contribution in [0.15, 0.2) is 12.7 Å². The lowest BCUT2D eigenvalue weighted by Crippen LogP contribution is -2.57. The summed E-state index contributed by atoms with van der Waals surface area (Å²) in [5.41, 5.74) is -1.15. The van der Waals surface area contributed by atoms with Gasteiger partial charge in [-0.2, -0.15) is 0 Å². The molecule has 0 spiro atoms. The van der Waals surface area contributed by atoms with Crippen LogP contribution < -0.4 is 5.32 Å². The third-order valence-corrected chi connectivity index (χ3v) is 3.22. The first-order valence-electron chi connectivity index (χ1n) is 5.87. The van der Waals surface area contributed by atoms with Crippen molar-refractivity contribution in [2.45, 2.75) is 32.2 Å². The van der Waals surface area contributed by atoms with Gasteiger partial charge in [0.25, 0.3) is 0 Å². The molecule has 2 amide bonds. The van der Waals surface area contributed by atoms with E-state index in [2.05, 4.69) is 11.9 Å². The van der Waals surface area contributed by atoms with Crippen molar-refractivity contribution in [1.29, 1.82) is 0 Å². The average Bonchev–Trinajstić information content (AvgIpc) is 3.08. The van der Waals surface area contributed by atoms with Crippen LogP contribution in [0.3, 0.4) is 0 Å². The Kier molecular flexibility index (Phi) is 4.15. The molecule has 0 radical (unpaired) electrons. The largest absolute Gasteiger partial charge is 0.480 e. The van der Waals surface area contributed by atoms with Gasteiger partial charge in [0.2, 0.25) is 0 Å². The Morgan fingerprint density at radius 1 is 1.59 bits per heavy atom. The van der Waals surface area contributed by atoms with E-state index in [0.29, 0.717) is 13.1 Å². The second-order valence-electron chi connectivity index (χ2n) is 4.54. The van der Waals surface area contributed by atoms with E-state index in [1.54, 1.807) is 13.0 Å². The number of rotatable bonds is 6. The van der Waals surface area contributed by atoms with Gasteiger partial charge in [0.05, 0.1) is 0 Å². The molecule has 0 aromatic rings. The lowest BCUT2D eigenvalue weighted by atomic mass is 9.96. The normalized spacial score (nSPS) is 18.0. The second-order valence-corrected chi connectivity index (χ2v) is 4.54. The van der Waals surface area contributed by atoms with Gasteiger partial charge >= 0.3 is 12.0 Å². The first-order chi connectivity index (χ1) is 7.95. The maximum absolute atomic E-state index is 11.9. The Hall–Kier alpha value is -1.52. The maximum atomic E-state index is 11.9. The molecular formula is C12H20N2O3. The number of urea groups is 1. The van der Waals surface area contributed by atoms with Crippen molar-refractivity contribution < 1.29 is 14.7 Å². The number of carbonyl (C=O) groups is 2. The summed E-state index contributed by atoms with van der Waals surface area (Å²) in [4.78, 5) is 24.7. The van der Waals surface area contributed by atoms with Crippen LogP contribution >= 0.6 is 0 Å². The highest BCUT2D eigenvalue weighted by Crippen LogP contribution is 2.39. The number of carbonyl (C=O) groups excluding carboxylic acids is 1. The van der Waals surface area contributed by atoms with Crippen molar-refractivity contribution in [3.8, 4) is 0 Å². The zero-order valence-electron chi connectivity index (χ0n) is 10.4. The third-order valence-electron chi connectivity index (χ3n) is 3.22. The van der Waals surface area contributed by atoms with Gasteiger partial charge in [-0.3, -0.25) is 0 Å². The predicted molar refractivity (Wildman–Crippen MR) is 64.7 cm³/mol. The van der Waals surface area contributed by atoms with Crippen LogP contribution in [0.5, 0.6) is 0 Å². The molecule has 1 atom stereocenters. The summed E-state index contributed by atoms with van der Waals surface area (Å²) in [6.45, 7) is 7.94. The number of amides is 2. The molecule has 0 heterocycles. The van der Waals surface area contributed by atoms with E-state index < -0.39 is 11.5 Å². The molecule has 1 fully saturated rings. The van der Waals surface area contributed by atoms with Gasteiger partial charge in [-0.05, 0) is 32.6 Å². The van der Waals surface area contributed by atoms with Gasteiger partial charge in [-0.25, -0.2) is 9.59 Å². The minimum atomic E-state index is -1.15. The molecule has 1 rings (SSSR count). The minimum absolute atomic E-state index is 0.0476. The summed E-state index contributed by atoms with van der Waals surface area (Å²) in [5.74, 6) is -0.922. The number of aliphatic carboxylic acids is 1. The number of hydrogen-bond acceptors (Lipinski definition) is 2. The number of hydrogen-bond donors (Lipinski definition) is 2. The molecule has 17 heavy (non-hydrogen) atoms. The number of carboxylic acids is 1. The van der Waals surface area contributed by atoms with E-state index in [-0.39, 0.29) is 11.9 Å². The van der Waals surface area contributed by atoms with Gasteiger partial charge in [0, 0.05) is 13.1 Å². The van der Waals surface area contributed by atoms with E-state index in [0.717, 1.165) is 12.8 Å². The van der Waals surface area contributed by atoms with E-state index in [9.17, 15) is 14.7 Å². The van der Waals surface area contributed by atoms with Crippen molar-refractivity contribution in [3.05, 3.63) is 12.7 Å². The zero-order chi connectivity index (χ0) is 13.1. The van der Waals surface area contributed by atoms with Gasteiger partial charge in [-0.1, -0.05) is 6.08 Å². The van der Waals surface area contributed by atoms with Crippen molar-refractivity contribution in [1.82, 2.24) is 10.2 Å². The molecule has 1 unspecified atom stereocenters. The Morgan fingerprint density at radius 3 is 2.53 bits per heavy atom. The number of likely N-dealkylation sites (N-methyl/N-ethyl adjacent to an activating group) is 1. The van der Waals surface area contributed by atoms with Crippen LogP contribution in [0.25, 0.3) is 0 Å². The van der Waals surface area contributed by atoms with Crippen LogP contribution in [-0.2, 0) is 4.79 Å². The number of nitrogens with one attached hydrogen (secondary N) is 1. The Balaban J connectivity index is 2.69. The summed E-state index contributed by atoms with van der Waals surface area (Å²) < 4.78 is 0. The lowest BCUT2D eigenvalue weighted by molar-refractivity contribution is -0.144. The molecule has 1 aliphatic rings. The fourth-order valence-corrected chi connectivity index (χ4v) is 1.80. The fraction of sp³-hybridized carbons (Fsp3) is 0.667. The molecule has 0 saturated heterocycles. The molecule has 2 N–H and O–H groups in total. The monoisotopic (exact) mass is 240 g/mol. The molecule has 96 valence electrons. The highest BCUT2D eigenvalue weighted by atomic mass is 16.4. The van der Waals surface area contributed by atoms with Crippen LogP contribution in [0.4, 0.5) is 4.79 Å². The summed E-state index contributed by atoms with van der Waals surface area (Å²) in [6.07, 6.45) is 3.34. The van der Waals surface area contributed by atoms with Crippen molar-refractivity contribution in [2.24, 2.45) is 5.92 Å². The summed E-state index contributed by atoms with van der Waals surface area (Å²) in [5, 5.41) is 11.9. The quantitative estimate of drug-likeness (QED) is 0.690. The van der Waals surface area contributed by atoms with Gasteiger partial charge < -0.3 is 15.3 Å². The number of carboxylic acid groups (broad SMARTS) is 1. The lowest BCUT2D eigenvalue weighted by Gasteiger charge is -2.29. The minimum Gasteiger partial charge on any atom is -0.480 e. The topological polar surface area (TPSA) is 69.6 Å². The molecule has 0 aromatic carbocycles. The Bertz CT molecular complexity index is 326. The Morgan fingerprint density at radius 2 is 2.18 bits per heavy atom. The first-order valence-corrected chi connectivity index (χ1v) is 5.87. The van der Waals surface area contributed by atoms with E-state index in [1.165, 1.54) is 4.90 Å². The maximum Gasteiger partial charge on any atom is 0.329 e. The van der Waals surface area contributed by atoms with Crippen molar-refractivity contribution in [3.63, 3.8) is 0 Å². The highest BCUT2D eigenvalue weighted by Gasteiger charge is 2.48. The van der Waals surface area contributed by atoms with E-state index >= 15 is 0 Å². The third kappa shape index (κ3) is 2.99. The second kappa shape index (κ2) is 5.21. The summed E-state index contributed by atoms with van der Waals surface area (Å²) in [6, 6.07) is -0.343. The fourth-order valence-electron chi connectivity index (χ4n) is 1.80. The smallest absolute Gasteiger partial charge is 0.329 e. The van der Waals surface area contributed by atoms with Gasteiger partial charge in [-0.15, -0.1) is 6.58 Å². The first kappa shape index (κ1) is 13.5. The predicted octanol–water partition coefficient (Wildman–Crippen LogP) is 1.46. The van der Waals surface area contributed by atoms with E-state index in [1.807, 2.05) is 6.92 Å². The summed E-state index contributed by atoms with van der Waals surface area (Å²) >= 11 is 0. The molecule has 5 nitrogen and oxygen atoms in total. The number of nitrogens with zero attached hydrogens (tertiary/aromatic N) is 1. The van der Waals surface area contributed by atoms with Crippen LogP contribution in [0, 0.1) is 5.92 Å². The van der Waals surface area contributed by atoms with E-state index in [4.69, 9.17) is 0 Å². The molecule has 5 heteroatoms. The molecule has 1 aliphatic carbocycles. The molecule has 0 aliphatic heterocycles. The van der Waals surface area contributed by atoms with Crippen LogP contribution in [0.1, 0.15) is 26.7 Å². The Labute approximate surface area is 101 Å². The standard InChI is InChI=1S/C12H20N2O3/c1-4-8-14(5-2)11(17)13-12(3,10(15)16)9-6-7-9/h4,9H,1,5-8H2,2-3H3,(H,13,17)(H,15,16). The van der Waals surface area contributed by atoms with Gasteiger partial charge in [0.1, 0.15) is 5.54 Å². The molecule has 0 bridgehead atoms. The molecule has 1 saturated carbocycles. The average molecular weight is 240 g/mol. The van der Waals surface area contributed by atoms with Crippen LogP contribution in [-0.4, -0.2) is 40.6 Å². The van der Waals surface area contributed by atoms with Gasteiger partial charge in [0.15, 0.2) is 0 Å².